The van der Waals surface area contributed by atoms with Crippen LogP contribution in [-0.4, -0.2) is 32.8 Å². The van der Waals surface area contributed by atoms with Crippen molar-refractivity contribution in [3.8, 4) is 0 Å². The van der Waals surface area contributed by atoms with Gasteiger partial charge in [-0.25, -0.2) is 0 Å². The van der Waals surface area contributed by atoms with Gasteiger partial charge in [-0.2, -0.15) is 0 Å². The van der Waals surface area contributed by atoms with Crippen molar-refractivity contribution in [2.45, 2.75) is 32.1 Å². The third kappa shape index (κ3) is 3.15. The van der Waals surface area contributed by atoms with E-state index in [9.17, 15) is 0 Å². The Labute approximate surface area is 122 Å². The number of anilines is 1. The number of fused-ring (bicyclic) bond motifs is 1. The standard InChI is InChI=1S/C17H26N2O/c1-17(7-10-20-11-8-17)13-18-12-14-6-9-19-16-5-3-2-4-15(14)16/h2-5,14,18-19H,6-13H2,1H3. The van der Waals surface area contributed by atoms with E-state index in [4.69, 9.17) is 4.74 Å². The first-order chi connectivity index (χ1) is 9.77. The Morgan fingerprint density at radius 2 is 2.10 bits per heavy atom. The van der Waals surface area contributed by atoms with E-state index in [1.54, 1.807) is 0 Å². The van der Waals surface area contributed by atoms with E-state index in [2.05, 4.69) is 41.8 Å². The van der Waals surface area contributed by atoms with Crippen molar-refractivity contribution in [1.29, 1.82) is 0 Å². The highest BCUT2D eigenvalue weighted by Gasteiger charge is 2.27. The highest BCUT2D eigenvalue weighted by Crippen LogP contribution is 2.32. The molecule has 3 heteroatoms. The molecule has 110 valence electrons. The Bertz CT molecular complexity index is 440. The molecule has 3 nitrogen and oxygen atoms in total. The summed E-state index contributed by atoms with van der Waals surface area (Å²) in [5, 5.41) is 7.22. The van der Waals surface area contributed by atoms with Gasteiger partial charge in [0, 0.05) is 44.5 Å². The fourth-order valence-electron chi connectivity index (χ4n) is 3.35. The first-order valence-electron chi connectivity index (χ1n) is 7.88. The molecule has 3 rings (SSSR count). The predicted octanol–water partition coefficient (Wildman–Crippen LogP) is 2.99. The van der Waals surface area contributed by atoms with E-state index < -0.39 is 0 Å². The quantitative estimate of drug-likeness (QED) is 0.885. The summed E-state index contributed by atoms with van der Waals surface area (Å²) in [6, 6.07) is 8.73. The molecule has 2 aliphatic heterocycles. The van der Waals surface area contributed by atoms with Gasteiger partial charge < -0.3 is 15.4 Å². The maximum Gasteiger partial charge on any atom is 0.0471 e. The summed E-state index contributed by atoms with van der Waals surface area (Å²) in [5.74, 6) is 0.649. The minimum absolute atomic E-state index is 0.421. The van der Waals surface area contributed by atoms with E-state index in [0.29, 0.717) is 11.3 Å². The number of hydrogen-bond donors (Lipinski definition) is 2. The maximum atomic E-state index is 5.47. The molecule has 1 saturated heterocycles. The minimum atomic E-state index is 0.421. The van der Waals surface area contributed by atoms with Crippen LogP contribution >= 0.6 is 0 Å². The minimum Gasteiger partial charge on any atom is -0.385 e. The van der Waals surface area contributed by atoms with Crippen molar-refractivity contribution in [3.63, 3.8) is 0 Å². The molecule has 0 bridgehead atoms. The molecular formula is C17H26N2O. The molecule has 1 atom stereocenters. The summed E-state index contributed by atoms with van der Waals surface area (Å²) in [6.07, 6.45) is 3.59. The molecule has 20 heavy (non-hydrogen) atoms. The second-order valence-electron chi connectivity index (χ2n) is 6.55. The highest BCUT2D eigenvalue weighted by molar-refractivity contribution is 5.54. The van der Waals surface area contributed by atoms with Crippen LogP contribution in [0.15, 0.2) is 24.3 Å². The van der Waals surface area contributed by atoms with Crippen LogP contribution in [0.4, 0.5) is 5.69 Å². The lowest BCUT2D eigenvalue weighted by Crippen LogP contribution is -2.38. The molecule has 0 spiro atoms. The fraction of sp³-hybridized carbons (Fsp3) is 0.647. The van der Waals surface area contributed by atoms with Crippen molar-refractivity contribution in [1.82, 2.24) is 5.32 Å². The zero-order valence-corrected chi connectivity index (χ0v) is 12.5. The van der Waals surface area contributed by atoms with E-state index in [1.165, 1.54) is 30.5 Å². The molecule has 1 aromatic carbocycles. The number of rotatable bonds is 4. The van der Waals surface area contributed by atoms with E-state index in [0.717, 1.165) is 32.8 Å². The van der Waals surface area contributed by atoms with Crippen molar-refractivity contribution < 1.29 is 4.74 Å². The van der Waals surface area contributed by atoms with Crippen LogP contribution in [0.3, 0.4) is 0 Å². The molecule has 1 unspecified atom stereocenters. The highest BCUT2D eigenvalue weighted by atomic mass is 16.5. The molecule has 2 heterocycles. The lowest BCUT2D eigenvalue weighted by atomic mass is 9.82. The number of benzene rings is 1. The van der Waals surface area contributed by atoms with Crippen molar-refractivity contribution in [2.75, 3.05) is 38.2 Å². The number of nitrogens with one attached hydrogen (secondary N) is 2. The summed E-state index contributed by atoms with van der Waals surface area (Å²) in [4.78, 5) is 0. The zero-order valence-electron chi connectivity index (χ0n) is 12.5. The molecule has 2 aliphatic rings. The van der Waals surface area contributed by atoms with Gasteiger partial charge in [0.2, 0.25) is 0 Å². The summed E-state index contributed by atoms with van der Waals surface area (Å²) in [7, 11) is 0. The van der Waals surface area contributed by atoms with Crippen molar-refractivity contribution in [3.05, 3.63) is 29.8 Å². The third-order valence-electron chi connectivity index (χ3n) is 4.85. The van der Waals surface area contributed by atoms with Gasteiger partial charge in [0.15, 0.2) is 0 Å². The second kappa shape index (κ2) is 6.15. The van der Waals surface area contributed by atoms with E-state index in [-0.39, 0.29) is 0 Å². The molecule has 1 fully saturated rings. The molecule has 0 aromatic heterocycles. The summed E-state index contributed by atoms with van der Waals surface area (Å²) in [5.41, 5.74) is 3.22. The number of ether oxygens (including phenoxy) is 1. The maximum absolute atomic E-state index is 5.47. The fourth-order valence-corrected chi connectivity index (χ4v) is 3.35. The lowest BCUT2D eigenvalue weighted by Gasteiger charge is -2.35. The van der Waals surface area contributed by atoms with Crippen LogP contribution in [0.25, 0.3) is 0 Å². The van der Waals surface area contributed by atoms with Gasteiger partial charge in [0.25, 0.3) is 0 Å². The van der Waals surface area contributed by atoms with E-state index >= 15 is 0 Å². The molecule has 0 radical (unpaired) electrons. The Morgan fingerprint density at radius 1 is 1.30 bits per heavy atom. The average molecular weight is 274 g/mol. The van der Waals surface area contributed by atoms with Gasteiger partial charge in [0.05, 0.1) is 0 Å². The normalized spacial score (nSPS) is 24.8. The molecular weight excluding hydrogens is 248 g/mol. The van der Waals surface area contributed by atoms with E-state index in [1.807, 2.05) is 0 Å². The van der Waals surface area contributed by atoms with Gasteiger partial charge >= 0.3 is 0 Å². The van der Waals surface area contributed by atoms with Crippen molar-refractivity contribution in [2.24, 2.45) is 5.41 Å². The van der Waals surface area contributed by atoms with Crippen LogP contribution in [0.1, 0.15) is 37.7 Å². The summed E-state index contributed by atoms with van der Waals surface area (Å²) >= 11 is 0. The smallest absolute Gasteiger partial charge is 0.0471 e. The monoisotopic (exact) mass is 274 g/mol. The molecule has 0 aliphatic carbocycles. The topological polar surface area (TPSA) is 33.3 Å². The summed E-state index contributed by atoms with van der Waals surface area (Å²) < 4.78 is 5.47. The second-order valence-corrected chi connectivity index (χ2v) is 6.55. The first kappa shape index (κ1) is 13.9. The third-order valence-corrected chi connectivity index (χ3v) is 4.85. The van der Waals surface area contributed by atoms with Crippen LogP contribution in [0, 0.1) is 5.41 Å². The summed E-state index contributed by atoms with van der Waals surface area (Å²) in [6.45, 7) is 7.54. The Hall–Kier alpha value is -1.06. The van der Waals surface area contributed by atoms with Crippen LogP contribution in [0.2, 0.25) is 0 Å². The molecule has 0 saturated carbocycles. The molecule has 0 amide bonds. The predicted molar refractivity (Wildman–Crippen MR) is 83.3 cm³/mol. The van der Waals surface area contributed by atoms with Crippen LogP contribution in [0.5, 0.6) is 0 Å². The van der Waals surface area contributed by atoms with Crippen molar-refractivity contribution >= 4 is 5.69 Å². The number of para-hydroxylation sites is 1. The Balaban J connectivity index is 1.54. The molecule has 1 aromatic rings. The number of hydrogen-bond acceptors (Lipinski definition) is 3. The van der Waals surface area contributed by atoms with Crippen LogP contribution in [-0.2, 0) is 4.74 Å². The first-order valence-corrected chi connectivity index (χ1v) is 7.88. The SMILES string of the molecule is CC1(CNCC2CCNc3ccccc32)CCOCC1. The van der Waals surface area contributed by atoms with Crippen LogP contribution < -0.4 is 10.6 Å². The largest absolute Gasteiger partial charge is 0.385 e. The molecule has 2 N–H and O–H groups in total. The zero-order chi connectivity index (χ0) is 13.8. The van der Waals surface area contributed by atoms with Gasteiger partial charge in [-0.3, -0.25) is 0 Å². The van der Waals surface area contributed by atoms with Gasteiger partial charge in [-0.1, -0.05) is 25.1 Å². The van der Waals surface area contributed by atoms with Gasteiger partial charge in [0.1, 0.15) is 0 Å². The average Bonchev–Trinajstić information content (AvgIpc) is 2.48. The Morgan fingerprint density at radius 3 is 2.95 bits per heavy atom. The van der Waals surface area contributed by atoms with Gasteiger partial charge in [-0.05, 0) is 36.3 Å². The Kier molecular flexibility index (Phi) is 4.27. The lowest BCUT2D eigenvalue weighted by molar-refractivity contribution is 0.0240. The van der Waals surface area contributed by atoms with Gasteiger partial charge in [-0.15, -0.1) is 0 Å².